The van der Waals surface area contributed by atoms with Crippen LogP contribution in [-0.2, 0) is 0 Å². The van der Waals surface area contributed by atoms with Gasteiger partial charge in [-0.15, -0.1) is 0 Å². The maximum absolute atomic E-state index is 9.78. The first-order chi connectivity index (χ1) is 6.72. The second-order valence-corrected chi connectivity index (χ2v) is 3.34. The Balaban J connectivity index is 2.87. The van der Waals surface area contributed by atoms with Crippen molar-refractivity contribution in [3.8, 4) is 11.5 Å². The zero-order valence-corrected chi connectivity index (χ0v) is 8.24. The number of phenols is 1. The summed E-state index contributed by atoms with van der Waals surface area (Å²) < 4.78 is 5.19. The van der Waals surface area contributed by atoms with Crippen molar-refractivity contribution >= 4 is 10.8 Å². The molecule has 0 aliphatic heterocycles. The number of aromatic hydroxyl groups is 1. The molecule has 0 spiro atoms. The number of methoxy groups -OCH3 is 1. The molecule has 0 aliphatic rings. The standard InChI is InChI=1S/C12H12O2/c1-8-6-9-4-3-5-11(14-2)12(9)10(13)7-8/h3-7,13H,1-2H3. The predicted octanol–water partition coefficient (Wildman–Crippen LogP) is 2.86. The molecule has 2 aromatic carbocycles. The van der Waals surface area contributed by atoms with E-state index in [2.05, 4.69) is 0 Å². The molecule has 0 fully saturated rings. The van der Waals surface area contributed by atoms with Crippen LogP contribution in [0.4, 0.5) is 0 Å². The predicted molar refractivity (Wildman–Crippen MR) is 56.9 cm³/mol. The lowest BCUT2D eigenvalue weighted by Gasteiger charge is -2.07. The van der Waals surface area contributed by atoms with Crippen LogP contribution in [-0.4, -0.2) is 12.2 Å². The Bertz CT molecular complexity index is 475. The van der Waals surface area contributed by atoms with Crippen LogP contribution in [0.5, 0.6) is 11.5 Å². The summed E-state index contributed by atoms with van der Waals surface area (Å²) in [5.41, 5.74) is 1.04. The molecule has 0 unspecified atom stereocenters. The molecule has 72 valence electrons. The van der Waals surface area contributed by atoms with E-state index < -0.39 is 0 Å². The largest absolute Gasteiger partial charge is 0.507 e. The van der Waals surface area contributed by atoms with Gasteiger partial charge in [0.25, 0.3) is 0 Å². The van der Waals surface area contributed by atoms with Gasteiger partial charge in [0.2, 0.25) is 0 Å². The van der Waals surface area contributed by atoms with Crippen molar-refractivity contribution in [3.63, 3.8) is 0 Å². The molecule has 0 heterocycles. The molecule has 2 heteroatoms. The molecule has 0 atom stereocenters. The van der Waals surface area contributed by atoms with E-state index in [4.69, 9.17) is 4.74 Å². The van der Waals surface area contributed by atoms with Gasteiger partial charge in [-0.2, -0.15) is 0 Å². The van der Waals surface area contributed by atoms with Gasteiger partial charge in [0.1, 0.15) is 11.5 Å². The number of aryl methyl sites for hydroxylation is 1. The van der Waals surface area contributed by atoms with Crippen molar-refractivity contribution in [1.82, 2.24) is 0 Å². The third-order valence-corrected chi connectivity index (χ3v) is 2.28. The first-order valence-corrected chi connectivity index (χ1v) is 4.48. The van der Waals surface area contributed by atoms with Crippen LogP contribution in [0.3, 0.4) is 0 Å². The molecular weight excluding hydrogens is 176 g/mol. The zero-order chi connectivity index (χ0) is 10.1. The summed E-state index contributed by atoms with van der Waals surface area (Å²) in [5, 5.41) is 11.6. The highest BCUT2D eigenvalue weighted by atomic mass is 16.5. The van der Waals surface area contributed by atoms with E-state index in [0.29, 0.717) is 5.75 Å². The van der Waals surface area contributed by atoms with Crippen LogP contribution in [0, 0.1) is 6.92 Å². The van der Waals surface area contributed by atoms with Gasteiger partial charge in [0.15, 0.2) is 0 Å². The zero-order valence-electron chi connectivity index (χ0n) is 8.24. The van der Waals surface area contributed by atoms with Crippen LogP contribution >= 0.6 is 0 Å². The van der Waals surface area contributed by atoms with E-state index in [-0.39, 0.29) is 5.75 Å². The number of fused-ring (bicyclic) bond motifs is 1. The topological polar surface area (TPSA) is 29.5 Å². The molecule has 14 heavy (non-hydrogen) atoms. The van der Waals surface area contributed by atoms with Crippen molar-refractivity contribution < 1.29 is 9.84 Å². The Morgan fingerprint density at radius 2 is 2.00 bits per heavy atom. The number of phenolic OH excluding ortho intramolecular Hbond substituents is 1. The van der Waals surface area contributed by atoms with Crippen molar-refractivity contribution in [2.24, 2.45) is 0 Å². The van der Waals surface area contributed by atoms with Crippen LogP contribution < -0.4 is 4.74 Å². The minimum absolute atomic E-state index is 0.275. The monoisotopic (exact) mass is 188 g/mol. The molecule has 0 amide bonds. The summed E-state index contributed by atoms with van der Waals surface area (Å²) in [7, 11) is 1.61. The third-order valence-electron chi connectivity index (χ3n) is 2.28. The molecule has 0 saturated heterocycles. The molecule has 2 aromatic rings. The summed E-state index contributed by atoms with van der Waals surface area (Å²) in [6, 6.07) is 9.49. The fourth-order valence-corrected chi connectivity index (χ4v) is 1.69. The Morgan fingerprint density at radius 3 is 2.71 bits per heavy atom. The Morgan fingerprint density at radius 1 is 1.21 bits per heavy atom. The van der Waals surface area contributed by atoms with Gasteiger partial charge in [-0.25, -0.2) is 0 Å². The quantitative estimate of drug-likeness (QED) is 0.745. The summed E-state index contributed by atoms with van der Waals surface area (Å²) in [6.45, 7) is 1.96. The number of hydrogen-bond donors (Lipinski definition) is 1. The van der Waals surface area contributed by atoms with E-state index in [1.165, 1.54) is 0 Å². The van der Waals surface area contributed by atoms with Crippen molar-refractivity contribution in [2.75, 3.05) is 7.11 Å². The van der Waals surface area contributed by atoms with Crippen molar-refractivity contribution in [1.29, 1.82) is 0 Å². The highest BCUT2D eigenvalue weighted by molar-refractivity contribution is 5.94. The molecule has 0 radical (unpaired) electrons. The average molecular weight is 188 g/mol. The van der Waals surface area contributed by atoms with E-state index in [0.717, 1.165) is 16.3 Å². The van der Waals surface area contributed by atoms with Gasteiger partial charge in [-0.05, 0) is 30.0 Å². The molecule has 1 N–H and O–H groups in total. The highest BCUT2D eigenvalue weighted by Gasteiger charge is 2.06. The second kappa shape index (κ2) is 3.22. The smallest absolute Gasteiger partial charge is 0.130 e. The van der Waals surface area contributed by atoms with Crippen LogP contribution in [0.25, 0.3) is 10.8 Å². The lowest BCUT2D eigenvalue weighted by molar-refractivity contribution is 0.416. The van der Waals surface area contributed by atoms with Gasteiger partial charge in [0, 0.05) is 0 Å². The number of ether oxygens (including phenoxy) is 1. The van der Waals surface area contributed by atoms with Gasteiger partial charge < -0.3 is 9.84 Å². The normalized spacial score (nSPS) is 10.4. The fraction of sp³-hybridized carbons (Fsp3) is 0.167. The van der Waals surface area contributed by atoms with Gasteiger partial charge in [-0.3, -0.25) is 0 Å². The fourth-order valence-electron chi connectivity index (χ4n) is 1.69. The van der Waals surface area contributed by atoms with Gasteiger partial charge in [-0.1, -0.05) is 18.2 Å². The maximum Gasteiger partial charge on any atom is 0.130 e. The van der Waals surface area contributed by atoms with Gasteiger partial charge in [0.05, 0.1) is 12.5 Å². The highest BCUT2D eigenvalue weighted by Crippen LogP contribution is 2.33. The maximum atomic E-state index is 9.78. The molecule has 0 saturated carbocycles. The van der Waals surface area contributed by atoms with Crippen LogP contribution in [0.1, 0.15) is 5.56 Å². The first-order valence-electron chi connectivity index (χ1n) is 4.48. The minimum atomic E-state index is 0.275. The number of benzene rings is 2. The SMILES string of the molecule is COc1cccc2cc(C)cc(O)c12. The molecule has 0 aliphatic carbocycles. The van der Waals surface area contributed by atoms with E-state index >= 15 is 0 Å². The summed E-state index contributed by atoms with van der Waals surface area (Å²) in [5.74, 6) is 0.984. The minimum Gasteiger partial charge on any atom is -0.507 e. The summed E-state index contributed by atoms with van der Waals surface area (Å²) >= 11 is 0. The lowest BCUT2D eigenvalue weighted by atomic mass is 10.1. The second-order valence-electron chi connectivity index (χ2n) is 3.34. The Hall–Kier alpha value is -1.70. The van der Waals surface area contributed by atoms with E-state index in [1.54, 1.807) is 13.2 Å². The molecule has 0 bridgehead atoms. The average Bonchev–Trinajstić information content (AvgIpc) is 2.16. The Labute approximate surface area is 82.8 Å². The van der Waals surface area contributed by atoms with E-state index in [1.807, 2.05) is 31.2 Å². The molecule has 2 rings (SSSR count). The van der Waals surface area contributed by atoms with E-state index in [9.17, 15) is 5.11 Å². The Kier molecular flexibility index (Phi) is 2.04. The van der Waals surface area contributed by atoms with Crippen LogP contribution in [0.15, 0.2) is 30.3 Å². The van der Waals surface area contributed by atoms with Crippen molar-refractivity contribution in [3.05, 3.63) is 35.9 Å². The summed E-state index contributed by atoms with van der Waals surface area (Å²) in [4.78, 5) is 0. The summed E-state index contributed by atoms with van der Waals surface area (Å²) in [6.07, 6.45) is 0. The first kappa shape index (κ1) is 8.88. The lowest BCUT2D eigenvalue weighted by Crippen LogP contribution is -1.85. The van der Waals surface area contributed by atoms with Gasteiger partial charge >= 0.3 is 0 Å². The number of rotatable bonds is 1. The molecular formula is C12H12O2. The number of hydrogen-bond acceptors (Lipinski definition) is 2. The molecule has 0 aromatic heterocycles. The van der Waals surface area contributed by atoms with Crippen LogP contribution in [0.2, 0.25) is 0 Å². The van der Waals surface area contributed by atoms with Crippen molar-refractivity contribution in [2.45, 2.75) is 6.92 Å². The third kappa shape index (κ3) is 1.29. The molecule has 2 nitrogen and oxygen atoms in total.